The molecular formula is C12H28NO6P. The first-order valence-corrected chi connectivity index (χ1v) is 8.32. The Hall–Kier alpha value is -0.460. The zero-order valence-corrected chi connectivity index (χ0v) is 13.6. The molecule has 2 unspecified atom stereocenters. The predicted octanol–water partition coefficient (Wildman–Crippen LogP) is 1.55. The zero-order valence-electron chi connectivity index (χ0n) is 12.7. The molecule has 8 heteroatoms. The maximum atomic E-state index is 11.9. The third kappa shape index (κ3) is 9.44. The van der Waals surface area contributed by atoms with E-state index in [9.17, 15) is 4.79 Å². The van der Waals surface area contributed by atoms with Crippen molar-refractivity contribution in [3.63, 3.8) is 0 Å². The van der Waals surface area contributed by atoms with Crippen molar-refractivity contribution in [2.24, 2.45) is 11.1 Å². The fraction of sp³-hybridized carbons (Fsp3) is 0.917. The van der Waals surface area contributed by atoms with Gasteiger partial charge in [0.1, 0.15) is 0 Å². The molecule has 0 radical (unpaired) electrons. The van der Waals surface area contributed by atoms with E-state index in [2.05, 4.69) is 6.92 Å². The summed E-state index contributed by atoms with van der Waals surface area (Å²) >= 11 is 0. The van der Waals surface area contributed by atoms with Crippen molar-refractivity contribution >= 4 is 13.8 Å². The highest BCUT2D eigenvalue weighted by Crippen LogP contribution is 2.33. The number of phosphoric acid groups is 1. The Morgan fingerprint density at radius 1 is 1.30 bits per heavy atom. The van der Waals surface area contributed by atoms with Crippen molar-refractivity contribution in [2.45, 2.75) is 59.4 Å². The van der Waals surface area contributed by atoms with Gasteiger partial charge in [-0.25, -0.2) is 4.57 Å². The molecule has 0 heterocycles. The monoisotopic (exact) mass is 313 g/mol. The predicted molar refractivity (Wildman–Crippen MR) is 76.8 cm³/mol. The number of hydrogen-bond donors (Lipinski definition) is 4. The normalized spacial score (nSPS) is 15.6. The average Bonchev–Trinajstić information content (AvgIpc) is 2.28. The molecule has 0 spiro atoms. The standard InChI is InChI=1S/C12H25NO2.H3O4P/c1-5-8-9-12(6-2,10(4)13)11(14)15-7-3;1-5(2,3)4/h10H,5-9,13H2,1-4H3;(H3,1,2,3,4). The summed E-state index contributed by atoms with van der Waals surface area (Å²) in [4.78, 5) is 33.5. The summed E-state index contributed by atoms with van der Waals surface area (Å²) < 4.78 is 14.0. The molecule has 0 rings (SSSR count). The van der Waals surface area contributed by atoms with E-state index >= 15 is 0 Å². The van der Waals surface area contributed by atoms with Gasteiger partial charge in [0.05, 0.1) is 12.0 Å². The van der Waals surface area contributed by atoms with Crippen molar-refractivity contribution in [2.75, 3.05) is 6.61 Å². The molecule has 20 heavy (non-hydrogen) atoms. The molecule has 0 amide bonds. The molecule has 0 aliphatic rings. The fourth-order valence-corrected chi connectivity index (χ4v) is 1.93. The van der Waals surface area contributed by atoms with E-state index in [0.29, 0.717) is 6.61 Å². The van der Waals surface area contributed by atoms with Crippen LogP contribution in [0.2, 0.25) is 0 Å². The minimum atomic E-state index is -4.64. The summed E-state index contributed by atoms with van der Waals surface area (Å²) in [5.41, 5.74) is 5.47. The van der Waals surface area contributed by atoms with Crippen molar-refractivity contribution in [1.82, 2.24) is 0 Å². The van der Waals surface area contributed by atoms with Gasteiger partial charge in [-0.05, 0) is 26.7 Å². The number of esters is 1. The first-order chi connectivity index (χ1) is 9.05. The van der Waals surface area contributed by atoms with Crippen molar-refractivity contribution in [1.29, 1.82) is 0 Å². The van der Waals surface area contributed by atoms with Crippen LogP contribution in [0.25, 0.3) is 0 Å². The van der Waals surface area contributed by atoms with Crippen molar-refractivity contribution < 1.29 is 28.8 Å². The van der Waals surface area contributed by atoms with Crippen LogP contribution in [0.1, 0.15) is 53.4 Å². The average molecular weight is 313 g/mol. The van der Waals surface area contributed by atoms with Gasteiger partial charge in [-0.15, -0.1) is 0 Å². The minimum Gasteiger partial charge on any atom is -0.466 e. The zero-order chi connectivity index (χ0) is 16.4. The maximum absolute atomic E-state index is 11.9. The lowest BCUT2D eigenvalue weighted by Gasteiger charge is -2.33. The lowest BCUT2D eigenvalue weighted by Crippen LogP contribution is -2.46. The molecule has 122 valence electrons. The number of carbonyl (C=O) groups is 1. The van der Waals surface area contributed by atoms with E-state index in [1.807, 2.05) is 20.8 Å². The van der Waals surface area contributed by atoms with Crippen LogP contribution in [-0.4, -0.2) is 33.3 Å². The molecule has 0 aliphatic heterocycles. The molecule has 2 atom stereocenters. The highest BCUT2D eigenvalue weighted by Gasteiger charge is 2.40. The molecule has 0 saturated carbocycles. The van der Waals surface area contributed by atoms with Gasteiger partial charge in [0.25, 0.3) is 0 Å². The van der Waals surface area contributed by atoms with E-state index in [0.717, 1.165) is 25.7 Å². The smallest absolute Gasteiger partial charge is 0.466 e. The van der Waals surface area contributed by atoms with Gasteiger partial charge in [0, 0.05) is 6.04 Å². The first kappa shape index (κ1) is 21.8. The first-order valence-electron chi connectivity index (χ1n) is 6.76. The minimum absolute atomic E-state index is 0.129. The Morgan fingerprint density at radius 3 is 2.00 bits per heavy atom. The summed E-state index contributed by atoms with van der Waals surface area (Å²) in [6, 6.07) is -0.145. The SMILES string of the molecule is CCCCC(CC)(C(=O)OCC)C(C)N.O=P(O)(O)O. The quantitative estimate of drug-likeness (QED) is 0.414. The summed E-state index contributed by atoms with van der Waals surface area (Å²) in [6.07, 6.45) is 3.68. The van der Waals surface area contributed by atoms with Crippen LogP contribution in [0.5, 0.6) is 0 Å². The van der Waals surface area contributed by atoms with Gasteiger partial charge in [-0.1, -0.05) is 26.7 Å². The van der Waals surface area contributed by atoms with Gasteiger partial charge < -0.3 is 25.2 Å². The van der Waals surface area contributed by atoms with E-state index in [-0.39, 0.29) is 12.0 Å². The number of nitrogens with two attached hydrogens (primary N) is 1. The van der Waals surface area contributed by atoms with Crippen LogP contribution in [0.4, 0.5) is 0 Å². The summed E-state index contributed by atoms with van der Waals surface area (Å²) in [7, 11) is -4.64. The van der Waals surface area contributed by atoms with Crippen LogP contribution in [0.3, 0.4) is 0 Å². The Bertz CT molecular complexity index is 309. The number of carbonyl (C=O) groups excluding carboxylic acids is 1. The second kappa shape index (κ2) is 10.3. The Labute approximate surface area is 120 Å². The summed E-state index contributed by atoms with van der Waals surface area (Å²) in [5, 5.41) is 0. The van der Waals surface area contributed by atoms with E-state index < -0.39 is 13.2 Å². The number of unbranched alkanes of at least 4 members (excludes halogenated alkanes) is 1. The third-order valence-electron chi connectivity index (χ3n) is 3.16. The van der Waals surface area contributed by atoms with E-state index in [1.165, 1.54) is 0 Å². The third-order valence-corrected chi connectivity index (χ3v) is 3.16. The highest BCUT2D eigenvalue weighted by atomic mass is 31.2. The van der Waals surface area contributed by atoms with Gasteiger partial charge in [-0.2, -0.15) is 0 Å². The number of hydrogen-bond acceptors (Lipinski definition) is 4. The topological polar surface area (TPSA) is 130 Å². The van der Waals surface area contributed by atoms with Gasteiger partial charge in [0.2, 0.25) is 0 Å². The van der Waals surface area contributed by atoms with Crippen molar-refractivity contribution in [3.8, 4) is 0 Å². The molecule has 0 bridgehead atoms. The van der Waals surface area contributed by atoms with Crippen LogP contribution in [-0.2, 0) is 14.1 Å². The summed E-state index contributed by atoms with van der Waals surface area (Å²) in [6.45, 7) is 8.29. The summed E-state index contributed by atoms with van der Waals surface area (Å²) in [5.74, 6) is -0.129. The lowest BCUT2D eigenvalue weighted by atomic mass is 9.75. The number of ether oxygens (including phenoxy) is 1. The molecule has 0 aromatic heterocycles. The fourth-order valence-electron chi connectivity index (χ4n) is 1.93. The lowest BCUT2D eigenvalue weighted by molar-refractivity contribution is -0.157. The second-order valence-electron chi connectivity index (χ2n) is 4.64. The maximum Gasteiger partial charge on any atom is 0.466 e. The Kier molecular flexibility index (Phi) is 11.2. The Balaban J connectivity index is 0. The van der Waals surface area contributed by atoms with E-state index in [4.69, 9.17) is 29.7 Å². The van der Waals surface area contributed by atoms with Crippen LogP contribution < -0.4 is 5.73 Å². The molecule has 0 aromatic rings. The number of rotatable bonds is 7. The van der Waals surface area contributed by atoms with Gasteiger partial charge >= 0.3 is 13.8 Å². The van der Waals surface area contributed by atoms with Crippen LogP contribution in [0, 0.1) is 5.41 Å². The van der Waals surface area contributed by atoms with Gasteiger partial charge in [0.15, 0.2) is 0 Å². The van der Waals surface area contributed by atoms with Crippen molar-refractivity contribution in [3.05, 3.63) is 0 Å². The molecule has 5 N–H and O–H groups in total. The molecule has 0 saturated heterocycles. The molecule has 7 nitrogen and oxygen atoms in total. The highest BCUT2D eigenvalue weighted by molar-refractivity contribution is 7.45. The van der Waals surface area contributed by atoms with Crippen LogP contribution >= 0.6 is 7.82 Å². The van der Waals surface area contributed by atoms with Gasteiger partial charge in [-0.3, -0.25) is 4.79 Å². The van der Waals surface area contributed by atoms with E-state index in [1.54, 1.807) is 0 Å². The molecular weight excluding hydrogens is 285 g/mol. The molecule has 0 aliphatic carbocycles. The Morgan fingerprint density at radius 2 is 1.75 bits per heavy atom. The molecule has 0 fully saturated rings. The van der Waals surface area contributed by atoms with Crippen LogP contribution in [0.15, 0.2) is 0 Å². The largest absolute Gasteiger partial charge is 0.466 e. The second-order valence-corrected chi connectivity index (χ2v) is 5.66. The molecule has 0 aromatic carbocycles.